The smallest absolute Gasteiger partial charge is 0.383 e. The number of rotatable bonds is 4. The van der Waals surface area contributed by atoms with Gasteiger partial charge < -0.3 is 5.32 Å². The van der Waals surface area contributed by atoms with E-state index in [1.165, 1.54) is 6.07 Å². The summed E-state index contributed by atoms with van der Waals surface area (Å²) in [5.74, 6) is 0. The second kappa shape index (κ2) is 5.64. The van der Waals surface area contributed by atoms with Gasteiger partial charge in [-0.15, -0.1) is 0 Å². The average Bonchev–Trinajstić information content (AvgIpc) is 2.83. The zero-order valence-electron chi connectivity index (χ0n) is 9.78. The molecule has 1 heterocycles. The van der Waals surface area contributed by atoms with Gasteiger partial charge in [0, 0.05) is 29.1 Å². The van der Waals surface area contributed by atoms with Gasteiger partial charge in [0.1, 0.15) is 0 Å². The van der Waals surface area contributed by atoms with Gasteiger partial charge in [-0.1, -0.05) is 15.9 Å². The molecular weight excluding hydrogens is 323 g/mol. The normalized spacial score (nSPS) is 11.6. The van der Waals surface area contributed by atoms with Crippen molar-refractivity contribution in [3.63, 3.8) is 0 Å². The van der Waals surface area contributed by atoms with Gasteiger partial charge in [0.25, 0.3) is 0 Å². The Kier molecular flexibility index (Phi) is 4.14. The molecule has 2 aromatic rings. The van der Waals surface area contributed by atoms with E-state index in [9.17, 15) is 13.2 Å². The minimum atomic E-state index is -4.36. The highest BCUT2D eigenvalue weighted by Gasteiger charge is 2.33. The standard InChI is InChI=1S/C12H11BrF3N3/c13-11-3-2-9(8-10(11)12(14,15)16)17-5-7-19-6-1-4-18-19/h1-4,6,8,17H,5,7H2. The Balaban J connectivity index is 2.01. The van der Waals surface area contributed by atoms with Crippen molar-refractivity contribution >= 4 is 21.6 Å². The Bertz CT molecular complexity index is 538. The largest absolute Gasteiger partial charge is 0.417 e. The van der Waals surface area contributed by atoms with Crippen LogP contribution in [0.25, 0.3) is 0 Å². The van der Waals surface area contributed by atoms with Gasteiger partial charge in [0.05, 0.1) is 12.1 Å². The first-order valence-corrected chi connectivity index (χ1v) is 6.34. The topological polar surface area (TPSA) is 29.9 Å². The van der Waals surface area contributed by atoms with Crippen LogP contribution >= 0.6 is 15.9 Å². The van der Waals surface area contributed by atoms with E-state index < -0.39 is 11.7 Å². The third kappa shape index (κ3) is 3.73. The van der Waals surface area contributed by atoms with E-state index >= 15 is 0 Å². The second-order valence-electron chi connectivity index (χ2n) is 3.89. The van der Waals surface area contributed by atoms with Crippen LogP contribution < -0.4 is 5.32 Å². The molecule has 19 heavy (non-hydrogen) atoms. The molecule has 0 amide bonds. The number of hydrogen-bond acceptors (Lipinski definition) is 2. The third-order valence-corrected chi connectivity index (χ3v) is 3.19. The fourth-order valence-corrected chi connectivity index (χ4v) is 2.07. The molecule has 3 nitrogen and oxygen atoms in total. The molecule has 102 valence electrons. The fraction of sp³-hybridized carbons (Fsp3) is 0.250. The summed E-state index contributed by atoms with van der Waals surface area (Å²) in [5, 5.41) is 6.95. The van der Waals surface area contributed by atoms with Crippen molar-refractivity contribution in [2.45, 2.75) is 12.7 Å². The number of alkyl halides is 3. The predicted octanol–water partition coefficient (Wildman–Crippen LogP) is 3.78. The first-order valence-electron chi connectivity index (χ1n) is 5.55. The molecule has 0 saturated heterocycles. The highest BCUT2D eigenvalue weighted by atomic mass is 79.9. The summed E-state index contributed by atoms with van der Waals surface area (Å²) in [4.78, 5) is 0. The van der Waals surface area contributed by atoms with Crippen LogP contribution in [-0.4, -0.2) is 16.3 Å². The molecular formula is C12H11BrF3N3. The summed E-state index contributed by atoms with van der Waals surface area (Å²) >= 11 is 2.90. The average molecular weight is 334 g/mol. The molecule has 2 rings (SSSR count). The monoisotopic (exact) mass is 333 g/mol. The zero-order valence-corrected chi connectivity index (χ0v) is 11.4. The van der Waals surface area contributed by atoms with Crippen molar-refractivity contribution < 1.29 is 13.2 Å². The van der Waals surface area contributed by atoms with Crippen molar-refractivity contribution in [3.8, 4) is 0 Å². The van der Waals surface area contributed by atoms with Crippen LogP contribution in [0.3, 0.4) is 0 Å². The summed E-state index contributed by atoms with van der Waals surface area (Å²) < 4.78 is 39.9. The van der Waals surface area contributed by atoms with Crippen LogP contribution in [0.5, 0.6) is 0 Å². The number of nitrogens with one attached hydrogen (secondary N) is 1. The van der Waals surface area contributed by atoms with E-state index in [1.807, 2.05) is 0 Å². The van der Waals surface area contributed by atoms with Crippen LogP contribution in [0.1, 0.15) is 5.56 Å². The first-order chi connectivity index (χ1) is 8.97. The molecule has 1 N–H and O–H groups in total. The van der Waals surface area contributed by atoms with Crippen molar-refractivity contribution in [1.29, 1.82) is 0 Å². The van der Waals surface area contributed by atoms with Gasteiger partial charge >= 0.3 is 6.18 Å². The third-order valence-electron chi connectivity index (χ3n) is 2.50. The van der Waals surface area contributed by atoms with E-state index in [4.69, 9.17) is 0 Å². The van der Waals surface area contributed by atoms with Crippen molar-refractivity contribution in [2.24, 2.45) is 0 Å². The Hall–Kier alpha value is -1.50. The molecule has 0 unspecified atom stereocenters. The maximum atomic E-state index is 12.7. The van der Waals surface area contributed by atoms with Gasteiger partial charge in [-0.2, -0.15) is 18.3 Å². The van der Waals surface area contributed by atoms with Gasteiger partial charge in [0.2, 0.25) is 0 Å². The molecule has 0 aliphatic rings. The number of halogens is 4. The number of benzene rings is 1. The lowest BCUT2D eigenvalue weighted by molar-refractivity contribution is -0.138. The highest BCUT2D eigenvalue weighted by Crippen LogP contribution is 2.36. The van der Waals surface area contributed by atoms with Crippen LogP contribution in [0.2, 0.25) is 0 Å². The fourth-order valence-electron chi connectivity index (χ4n) is 1.60. The van der Waals surface area contributed by atoms with Gasteiger partial charge in [0.15, 0.2) is 0 Å². The number of aromatic nitrogens is 2. The molecule has 0 radical (unpaired) electrons. The zero-order chi connectivity index (χ0) is 13.9. The summed E-state index contributed by atoms with van der Waals surface area (Å²) in [6.45, 7) is 1.09. The Morgan fingerprint density at radius 3 is 2.74 bits per heavy atom. The maximum absolute atomic E-state index is 12.7. The lowest BCUT2D eigenvalue weighted by Crippen LogP contribution is -2.12. The molecule has 1 aromatic carbocycles. The number of anilines is 1. The van der Waals surface area contributed by atoms with Crippen LogP contribution in [-0.2, 0) is 12.7 Å². The Morgan fingerprint density at radius 1 is 1.32 bits per heavy atom. The Labute approximate surface area is 116 Å². The number of hydrogen-bond donors (Lipinski definition) is 1. The lowest BCUT2D eigenvalue weighted by Gasteiger charge is -2.12. The van der Waals surface area contributed by atoms with Crippen molar-refractivity contribution in [3.05, 3.63) is 46.7 Å². The lowest BCUT2D eigenvalue weighted by atomic mass is 10.2. The molecule has 0 saturated carbocycles. The second-order valence-corrected chi connectivity index (χ2v) is 4.74. The van der Waals surface area contributed by atoms with Crippen LogP contribution in [0.15, 0.2) is 41.1 Å². The molecule has 0 fully saturated rings. The molecule has 1 aromatic heterocycles. The predicted molar refractivity (Wildman–Crippen MR) is 69.9 cm³/mol. The molecule has 7 heteroatoms. The molecule has 0 atom stereocenters. The van der Waals surface area contributed by atoms with Crippen molar-refractivity contribution in [1.82, 2.24) is 9.78 Å². The summed E-state index contributed by atoms with van der Waals surface area (Å²) in [5.41, 5.74) is -0.251. The quantitative estimate of drug-likeness (QED) is 0.922. The minimum Gasteiger partial charge on any atom is -0.383 e. The first kappa shape index (κ1) is 13.9. The van der Waals surface area contributed by atoms with E-state index in [0.29, 0.717) is 18.8 Å². The Morgan fingerprint density at radius 2 is 2.11 bits per heavy atom. The van der Waals surface area contributed by atoms with Crippen molar-refractivity contribution in [2.75, 3.05) is 11.9 Å². The minimum absolute atomic E-state index is 0.0395. The van der Waals surface area contributed by atoms with E-state index in [1.54, 1.807) is 29.2 Å². The maximum Gasteiger partial charge on any atom is 0.417 e. The van der Waals surface area contributed by atoms with Crippen LogP contribution in [0.4, 0.5) is 18.9 Å². The van der Waals surface area contributed by atoms with E-state index in [2.05, 4.69) is 26.3 Å². The molecule has 0 aliphatic heterocycles. The molecule has 0 bridgehead atoms. The summed E-state index contributed by atoms with van der Waals surface area (Å²) in [6.07, 6.45) is -0.912. The van der Waals surface area contributed by atoms with E-state index in [0.717, 1.165) is 6.07 Å². The van der Waals surface area contributed by atoms with E-state index in [-0.39, 0.29) is 4.47 Å². The molecule has 0 aliphatic carbocycles. The van der Waals surface area contributed by atoms with Gasteiger partial charge in [-0.25, -0.2) is 0 Å². The SMILES string of the molecule is FC(F)(F)c1cc(NCCn2cccn2)ccc1Br. The van der Waals surface area contributed by atoms with Crippen LogP contribution in [0, 0.1) is 0 Å². The summed E-state index contributed by atoms with van der Waals surface area (Å²) in [6, 6.07) is 5.87. The van der Waals surface area contributed by atoms with Gasteiger partial charge in [-0.3, -0.25) is 4.68 Å². The van der Waals surface area contributed by atoms with Gasteiger partial charge in [-0.05, 0) is 24.3 Å². The molecule has 0 spiro atoms. The number of nitrogens with zero attached hydrogens (tertiary/aromatic N) is 2. The summed E-state index contributed by atoms with van der Waals surface area (Å²) in [7, 11) is 0. The highest BCUT2D eigenvalue weighted by molar-refractivity contribution is 9.10.